The zero-order chi connectivity index (χ0) is 18.8. The third-order valence-electron chi connectivity index (χ3n) is 7.12. The molecule has 6 rings (SSSR count). The number of aryl methyl sites for hydroxylation is 1. The predicted octanol–water partition coefficient (Wildman–Crippen LogP) is 3.97. The summed E-state index contributed by atoms with van der Waals surface area (Å²) < 4.78 is 7.46. The first-order chi connectivity index (χ1) is 12.9. The molecule has 0 amide bonds. The van der Waals surface area contributed by atoms with E-state index < -0.39 is 12.1 Å². The molecule has 4 aliphatic carbocycles. The lowest BCUT2D eigenvalue weighted by atomic mass is 9.48. The number of hydrogen-bond donors (Lipinski definition) is 0. The van der Waals surface area contributed by atoms with Crippen LogP contribution in [0, 0.1) is 30.1 Å². The summed E-state index contributed by atoms with van der Waals surface area (Å²) in [5.41, 5.74) is 1.72. The molecule has 0 saturated heterocycles. The smallest absolute Gasteiger partial charge is 0.359 e. The lowest BCUT2D eigenvalue weighted by Crippen LogP contribution is -2.52. The Kier molecular flexibility index (Phi) is 3.72. The summed E-state index contributed by atoms with van der Waals surface area (Å²) >= 11 is 0. The molecule has 2 aromatic rings. The van der Waals surface area contributed by atoms with Crippen LogP contribution in [-0.2, 0) is 9.53 Å². The fourth-order valence-electron chi connectivity index (χ4n) is 6.36. The number of esters is 1. The van der Waals surface area contributed by atoms with Crippen LogP contribution in [0.2, 0.25) is 0 Å². The molecule has 2 heterocycles. The minimum atomic E-state index is -0.709. The molecule has 0 aromatic carbocycles. The molecule has 0 spiro atoms. The van der Waals surface area contributed by atoms with E-state index in [1.807, 2.05) is 29.5 Å². The van der Waals surface area contributed by atoms with Gasteiger partial charge in [0, 0.05) is 17.3 Å². The standard InChI is InChI=1S/C22H26N2O3/c1-13-4-3-5-19-23-18(12-24(13)19)21(26)27-14(2)20(25)22-9-15-6-16(10-22)8-17(7-15)11-22/h3-5,12,14-17H,6-11H2,1-2H3. The Hall–Kier alpha value is -2.17. The number of pyridine rings is 1. The van der Waals surface area contributed by atoms with Gasteiger partial charge in [-0.25, -0.2) is 9.78 Å². The second-order valence-corrected chi connectivity index (χ2v) is 9.13. The second kappa shape index (κ2) is 5.91. The van der Waals surface area contributed by atoms with Crippen LogP contribution in [-0.4, -0.2) is 27.2 Å². The quantitative estimate of drug-likeness (QED) is 0.768. The normalized spacial score (nSPS) is 32.6. The fraction of sp³-hybridized carbons (Fsp3) is 0.591. The molecule has 142 valence electrons. The minimum absolute atomic E-state index is 0.134. The second-order valence-electron chi connectivity index (χ2n) is 9.13. The summed E-state index contributed by atoms with van der Waals surface area (Å²) in [5, 5.41) is 0. The van der Waals surface area contributed by atoms with Crippen LogP contribution in [0.4, 0.5) is 0 Å². The van der Waals surface area contributed by atoms with Gasteiger partial charge in [-0.15, -0.1) is 0 Å². The lowest BCUT2D eigenvalue weighted by Gasteiger charge is -2.56. The van der Waals surface area contributed by atoms with Gasteiger partial charge in [-0.2, -0.15) is 0 Å². The number of ketones is 1. The number of Topliss-reactive ketones (excluding diaryl/α,β-unsaturated/α-hetero) is 1. The largest absolute Gasteiger partial charge is 0.450 e. The van der Waals surface area contributed by atoms with Crippen molar-refractivity contribution in [1.82, 2.24) is 9.38 Å². The molecule has 1 unspecified atom stereocenters. The highest BCUT2D eigenvalue weighted by Crippen LogP contribution is 2.60. The van der Waals surface area contributed by atoms with Crippen molar-refractivity contribution >= 4 is 17.4 Å². The molecule has 2 aromatic heterocycles. The van der Waals surface area contributed by atoms with Crippen molar-refractivity contribution in [3.05, 3.63) is 35.8 Å². The number of fused-ring (bicyclic) bond motifs is 1. The van der Waals surface area contributed by atoms with Crippen molar-refractivity contribution in [3.8, 4) is 0 Å². The zero-order valence-electron chi connectivity index (χ0n) is 16.0. The van der Waals surface area contributed by atoms with Gasteiger partial charge in [0.25, 0.3) is 0 Å². The summed E-state index contributed by atoms with van der Waals surface area (Å²) in [6.07, 6.45) is 7.84. The first-order valence-corrected chi connectivity index (χ1v) is 10.1. The molecule has 4 fully saturated rings. The van der Waals surface area contributed by atoms with E-state index >= 15 is 0 Å². The molecular formula is C22H26N2O3. The van der Waals surface area contributed by atoms with Crippen molar-refractivity contribution in [2.75, 3.05) is 0 Å². The highest BCUT2D eigenvalue weighted by atomic mass is 16.5. The molecule has 5 nitrogen and oxygen atoms in total. The highest BCUT2D eigenvalue weighted by Gasteiger charge is 2.55. The van der Waals surface area contributed by atoms with Crippen LogP contribution in [0.25, 0.3) is 5.65 Å². The SMILES string of the molecule is Cc1cccc2nc(C(=O)OC(C)C(=O)C34CC5CC(CC(C5)C3)C4)cn12. The Labute approximate surface area is 159 Å². The monoisotopic (exact) mass is 366 g/mol. The van der Waals surface area contributed by atoms with Gasteiger partial charge < -0.3 is 9.14 Å². The van der Waals surface area contributed by atoms with Crippen LogP contribution >= 0.6 is 0 Å². The van der Waals surface area contributed by atoms with Crippen molar-refractivity contribution in [2.45, 2.75) is 58.5 Å². The maximum Gasteiger partial charge on any atom is 0.359 e. The Morgan fingerprint density at radius 1 is 1.15 bits per heavy atom. The maximum absolute atomic E-state index is 13.3. The van der Waals surface area contributed by atoms with E-state index in [4.69, 9.17) is 4.74 Å². The van der Waals surface area contributed by atoms with E-state index in [-0.39, 0.29) is 16.9 Å². The average Bonchev–Trinajstić information content (AvgIpc) is 3.06. The molecule has 0 radical (unpaired) electrons. The van der Waals surface area contributed by atoms with Crippen molar-refractivity contribution < 1.29 is 14.3 Å². The van der Waals surface area contributed by atoms with E-state index in [0.29, 0.717) is 23.4 Å². The van der Waals surface area contributed by atoms with E-state index in [9.17, 15) is 9.59 Å². The van der Waals surface area contributed by atoms with E-state index in [0.717, 1.165) is 25.0 Å². The summed E-state index contributed by atoms with van der Waals surface area (Å²) in [6, 6.07) is 5.72. The Morgan fingerprint density at radius 2 is 1.78 bits per heavy atom. The molecule has 5 heteroatoms. The number of aromatic nitrogens is 2. The van der Waals surface area contributed by atoms with Gasteiger partial charge in [0.2, 0.25) is 0 Å². The van der Waals surface area contributed by atoms with Gasteiger partial charge in [0.1, 0.15) is 5.65 Å². The number of hydrogen-bond acceptors (Lipinski definition) is 4. The molecular weight excluding hydrogens is 340 g/mol. The van der Waals surface area contributed by atoms with Gasteiger partial charge in [0.15, 0.2) is 17.6 Å². The third-order valence-corrected chi connectivity index (χ3v) is 7.12. The van der Waals surface area contributed by atoms with Gasteiger partial charge in [0.05, 0.1) is 0 Å². The minimum Gasteiger partial charge on any atom is -0.450 e. The Morgan fingerprint density at radius 3 is 2.37 bits per heavy atom. The molecule has 4 saturated carbocycles. The number of rotatable bonds is 4. The average molecular weight is 366 g/mol. The number of carbonyl (C=O) groups is 2. The molecule has 27 heavy (non-hydrogen) atoms. The summed E-state index contributed by atoms with van der Waals surface area (Å²) in [5.74, 6) is 1.72. The van der Waals surface area contributed by atoms with Crippen molar-refractivity contribution in [2.24, 2.45) is 23.2 Å². The predicted molar refractivity (Wildman–Crippen MR) is 100 cm³/mol. The first-order valence-electron chi connectivity index (χ1n) is 10.1. The molecule has 0 aliphatic heterocycles. The third kappa shape index (κ3) is 2.70. The van der Waals surface area contributed by atoms with E-state index in [2.05, 4.69) is 4.98 Å². The van der Waals surface area contributed by atoms with E-state index in [1.54, 1.807) is 13.1 Å². The molecule has 0 N–H and O–H groups in total. The van der Waals surface area contributed by atoms with Crippen LogP contribution in [0.1, 0.15) is 61.6 Å². The van der Waals surface area contributed by atoms with Gasteiger partial charge in [-0.3, -0.25) is 4.79 Å². The van der Waals surface area contributed by atoms with E-state index in [1.165, 1.54) is 19.3 Å². The number of nitrogens with zero attached hydrogens (tertiary/aromatic N) is 2. The molecule has 1 atom stereocenters. The maximum atomic E-state index is 13.3. The summed E-state index contributed by atoms with van der Waals surface area (Å²) in [4.78, 5) is 30.3. The van der Waals surface area contributed by atoms with Crippen LogP contribution in [0.5, 0.6) is 0 Å². The van der Waals surface area contributed by atoms with Crippen molar-refractivity contribution in [1.29, 1.82) is 0 Å². The van der Waals surface area contributed by atoms with Crippen LogP contribution < -0.4 is 0 Å². The van der Waals surface area contributed by atoms with Crippen molar-refractivity contribution in [3.63, 3.8) is 0 Å². The first kappa shape index (κ1) is 17.0. The van der Waals surface area contributed by atoms with Crippen LogP contribution in [0.15, 0.2) is 24.4 Å². The summed E-state index contributed by atoms with van der Waals surface area (Å²) in [6.45, 7) is 3.70. The van der Waals surface area contributed by atoms with Gasteiger partial charge in [-0.05, 0) is 82.3 Å². The molecule has 4 bridgehead atoms. The van der Waals surface area contributed by atoms with Gasteiger partial charge in [-0.1, -0.05) is 6.07 Å². The number of carbonyl (C=O) groups excluding carboxylic acids is 2. The number of ether oxygens (including phenoxy) is 1. The molecule has 4 aliphatic rings. The number of imidazole rings is 1. The summed E-state index contributed by atoms with van der Waals surface area (Å²) in [7, 11) is 0. The lowest BCUT2D eigenvalue weighted by molar-refractivity contribution is -0.152. The topological polar surface area (TPSA) is 60.7 Å². The fourth-order valence-corrected chi connectivity index (χ4v) is 6.36. The zero-order valence-corrected chi connectivity index (χ0v) is 16.0. The Bertz CT molecular complexity index is 893. The Balaban J connectivity index is 1.33. The van der Waals surface area contributed by atoms with Gasteiger partial charge >= 0.3 is 5.97 Å². The van der Waals surface area contributed by atoms with Crippen LogP contribution in [0.3, 0.4) is 0 Å². The highest BCUT2D eigenvalue weighted by molar-refractivity contribution is 5.94.